The Morgan fingerprint density at radius 1 is 1.40 bits per heavy atom. The number of hydrogen-bond donors (Lipinski definition) is 1. The van der Waals surface area contributed by atoms with Crippen molar-refractivity contribution < 1.29 is 9.53 Å². The number of nitrogens with one attached hydrogen (secondary N) is 1. The maximum Gasteiger partial charge on any atom is 0.255 e. The molecular weight excluding hydrogens is 340 g/mol. The highest BCUT2D eigenvalue weighted by Gasteiger charge is 2.22. The van der Waals surface area contributed by atoms with E-state index in [0.717, 1.165) is 27.7 Å². The van der Waals surface area contributed by atoms with Gasteiger partial charge in [0.25, 0.3) is 5.91 Å². The van der Waals surface area contributed by atoms with E-state index in [0.29, 0.717) is 35.9 Å². The normalized spacial score (nSPS) is 14.0. The molecule has 1 amide bonds. The molecule has 1 aliphatic heterocycles. The average molecular weight is 357 g/mol. The molecule has 0 atom stereocenters. The quantitative estimate of drug-likeness (QED) is 0.766. The number of carbonyl (C=O) groups is 1. The number of benzene rings is 1. The number of aryl methyl sites for hydroxylation is 1. The van der Waals surface area contributed by atoms with Gasteiger partial charge in [-0.05, 0) is 42.2 Å². The maximum absolute atomic E-state index is 12.3. The first-order valence-electron chi connectivity index (χ1n) is 8.04. The van der Waals surface area contributed by atoms with Crippen LogP contribution in [0.3, 0.4) is 0 Å². The lowest BCUT2D eigenvalue weighted by atomic mass is 9.97. The second-order valence-electron chi connectivity index (χ2n) is 6.19. The molecule has 1 N–H and O–H groups in total. The first kappa shape index (κ1) is 15.9. The molecule has 4 rings (SSSR count). The second kappa shape index (κ2) is 6.04. The average Bonchev–Trinajstić information content (AvgIpc) is 2.85. The van der Waals surface area contributed by atoms with Gasteiger partial charge in [0.1, 0.15) is 6.61 Å². The Labute approximate surface area is 149 Å². The highest BCUT2D eigenvalue weighted by molar-refractivity contribution is 6.33. The van der Waals surface area contributed by atoms with Crippen LogP contribution < -0.4 is 10.1 Å². The minimum absolute atomic E-state index is 0.156. The van der Waals surface area contributed by atoms with E-state index >= 15 is 0 Å². The molecule has 0 aliphatic carbocycles. The highest BCUT2D eigenvalue weighted by Crippen LogP contribution is 2.36. The van der Waals surface area contributed by atoms with Crippen LogP contribution in [0.1, 0.15) is 27.0 Å². The van der Waals surface area contributed by atoms with Crippen molar-refractivity contribution in [2.24, 2.45) is 7.05 Å². The Hall–Kier alpha value is -2.60. The van der Waals surface area contributed by atoms with Crippen molar-refractivity contribution in [2.45, 2.75) is 13.3 Å². The van der Waals surface area contributed by atoms with Crippen molar-refractivity contribution in [3.8, 4) is 5.75 Å². The molecular formula is C18H17ClN4O2. The van der Waals surface area contributed by atoms with E-state index in [1.165, 1.54) is 0 Å². The van der Waals surface area contributed by atoms with E-state index in [-0.39, 0.29) is 5.91 Å². The van der Waals surface area contributed by atoms with Crippen LogP contribution in [0.5, 0.6) is 5.75 Å². The minimum atomic E-state index is -0.156. The lowest BCUT2D eigenvalue weighted by molar-refractivity contribution is 0.0957. The molecule has 7 heteroatoms. The van der Waals surface area contributed by atoms with E-state index in [1.54, 1.807) is 4.68 Å². The van der Waals surface area contributed by atoms with Gasteiger partial charge >= 0.3 is 0 Å². The molecule has 25 heavy (non-hydrogen) atoms. The SMILES string of the molecule is Cc1c(Cc2cnc3nn(C)cc3c2)cc2c(c1Cl)OCCNC2=O. The number of nitrogens with zero attached hydrogens (tertiary/aromatic N) is 3. The van der Waals surface area contributed by atoms with Gasteiger partial charge in [0, 0.05) is 24.8 Å². The predicted octanol–water partition coefficient (Wildman–Crippen LogP) is 2.64. The zero-order valence-corrected chi connectivity index (χ0v) is 14.7. The number of rotatable bonds is 2. The summed E-state index contributed by atoms with van der Waals surface area (Å²) in [6.45, 7) is 2.83. The van der Waals surface area contributed by atoms with Crippen LogP contribution in [0, 0.1) is 6.92 Å². The van der Waals surface area contributed by atoms with Crippen LogP contribution in [0.2, 0.25) is 5.02 Å². The summed E-state index contributed by atoms with van der Waals surface area (Å²) in [7, 11) is 1.87. The van der Waals surface area contributed by atoms with Crippen LogP contribution in [-0.4, -0.2) is 33.8 Å². The van der Waals surface area contributed by atoms with Gasteiger partial charge < -0.3 is 10.1 Å². The van der Waals surface area contributed by atoms with Gasteiger partial charge in [0.15, 0.2) is 11.4 Å². The van der Waals surface area contributed by atoms with Crippen molar-refractivity contribution in [1.29, 1.82) is 0 Å². The molecule has 1 aromatic carbocycles. The predicted molar refractivity (Wildman–Crippen MR) is 95.3 cm³/mol. The van der Waals surface area contributed by atoms with Gasteiger partial charge in [-0.3, -0.25) is 9.48 Å². The van der Waals surface area contributed by atoms with Crippen LogP contribution >= 0.6 is 11.6 Å². The summed E-state index contributed by atoms with van der Waals surface area (Å²) in [5.74, 6) is 0.315. The van der Waals surface area contributed by atoms with Gasteiger partial charge in [-0.2, -0.15) is 5.10 Å². The molecule has 0 radical (unpaired) electrons. The van der Waals surface area contributed by atoms with Crippen LogP contribution in [0.4, 0.5) is 0 Å². The van der Waals surface area contributed by atoms with Crippen molar-refractivity contribution in [3.05, 3.63) is 51.8 Å². The zero-order chi connectivity index (χ0) is 17.6. The fourth-order valence-electron chi connectivity index (χ4n) is 3.08. The zero-order valence-electron chi connectivity index (χ0n) is 14.0. The van der Waals surface area contributed by atoms with Crippen LogP contribution in [0.25, 0.3) is 11.0 Å². The summed E-state index contributed by atoms with van der Waals surface area (Å²) >= 11 is 6.48. The molecule has 0 unspecified atom stereocenters. The Morgan fingerprint density at radius 3 is 3.08 bits per heavy atom. The molecule has 3 heterocycles. The van der Waals surface area contributed by atoms with E-state index in [2.05, 4.69) is 21.5 Å². The molecule has 3 aromatic rings. The summed E-state index contributed by atoms with van der Waals surface area (Å²) in [5.41, 5.74) is 4.14. The van der Waals surface area contributed by atoms with E-state index in [4.69, 9.17) is 16.3 Å². The molecule has 0 saturated heterocycles. The summed E-state index contributed by atoms with van der Waals surface area (Å²) in [4.78, 5) is 16.7. The van der Waals surface area contributed by atoms with Crippen LogP contribution in [-0.2, 0) is 13.5 Å². The van der Waals surface area contributed by atoms with Gasteiger partial charge in [-0.1, -0.05) is 11.6 Å². The number of pyridine rings is 1. The molecule has 0 spiro atoms. The largest absolute Gasteiger partial charge is 0.489 e. The molecule has 6 nitrogen and oxygen atoms in total. The smallest absolute Gasteiger partial charge is 0.255 e. The Kier molecular flexibility index (Phi) is 3.84. The molecule has 0 bridgehead atoms. The molecule has 1 aliphatic rings. The van der Waals surface area contributed by atoms with E-state index < -0.39 is 0 Å². The highest BCUT2D eigenvalue weighted by atomic mass is 35.5. The van der Waals surface area contributed by atoms with Gasteiger partial charge in [0.05, 0.1) is 17.1 Å². The van der Waals surface area contributed by atoms with Crippen molar-refractivity contribution in [3.63, 3.8) is 0 Å². The molecule has 128 valence electrons. The van der Waals surface area contributed by atoms with Crippen LogP contribution in [0.15, 0.2) is 24.5 Å². The van der Waals surface area contributed by atoms with Gasteiger partial charge in [0.2, 0.25) is 0 Å². The van der Waals surface area contributed by atoms with Gasteiger partial charge in [-0.15, -0.1) is 0 Å². The first-order chi connectivity index (χ1) is 12.0. The lowest BCUT2D eigenvalue weighted by Crippen LogP contribution is -2.24. The number of aromatic nitrogens is 3. The Morgan fingerprint density at radius 2 is 2.24 bits per heavy atom. The van der Waals surface area contributed by atoms with E-state index in [9.17, 15) is 4.79 Å². The molecule has 2 aromatic heterocycles. The number of carbonyl (C=O) groups excluding carboxylic acids is 1. The van der Waals surface area contributed by atoms with E-state index in [1.807, 2.05) is 32.4 Å². The summed E-state index contributed by atoms with van der Waals surface area (Å²) < 4.78 is 7.40. The van der Waals surface area contributed by atoms with Gasteiger partial charge in [-0.25, -0.2) is 4.98 Å². The maximum atomic E-state index is 12.3. The topological polar surface area (TPSA) is 69.0 Å². The molecule has 0 fully saturated rings. The summed E-state index contributed by atoms with van der Waals surface area (Å²) in [5, 5.41) is 8.59. The number of ether oxygens (including phenoxy) is 1. The van der Waals surface area contributed by atoms with Crippen molar-refractivity contribution in [2.75, 3.05) is 13.2 Å². The monoisotopic (exact) mass is 356 g/mol. The number of hydrogen-bond acceptors (Lipinski definition) is 4. The number of halogens is 1. The second-order valence-corrected chi connectivity index (χ2v) is 6.57. The number of fused-ring (bicyclic) bond motifs is 2. The third kappa shape index (κ3) is 2.82. The molecule has 0 saturated carbocycles. The number of amides is 1. The lowest BCUT2D eigenvalue weighted by Gasteiger charge is -2.14. The third-order valence-corrected chi connectivity index (χ3v) is 4.83. The summed E-state index contributed by atoms with van der Waals surface area (Å²) in [6, 6.07) is 3.93. The minimum Gasteiger partial charge on any atom is -0.489 e. The third-order valence-electron chi connectivity index (χ3n) is 4.38. The fraction of sp³-hybridized carbons (Fsp3) is 0.278. The first-order valence-corrected chi connectivity index (χ1v) is 8.42. The van der Waals surface area contributed by atoms with Crippen molar-refractivity contribution >= 4 is 28.5 Å². The summed E-state index contributed by atoms with van der Waals surface area (Å²) in [6.07, 6.45) is 4.37. The Bertz CT molecular complexity index is 996. The Balaban J connectivity index is 1.76. The fourth-order valence-corrected chi connectivity index (χ4v) is 3.36. The standard InChI is InChI=1S/C18H17ClN4O2/c1-10-12(5-11-6-13-9-23(2)22-17(13)21-8-11)7-14-16(15(10)19)25-4-3-20-18(14)24/h6-9H,3-5H2,1-2H3,(H,20,24). The van der Waals surface area contributed by atoms with Crippen molar-refractivity contribution in [1.82, 2.24) is 20.1 Å².